The molecule has 0 aliphatic carbocycles. The molecule has 1 aliphatic heterocycles. The molecule has 0 radical (unpaired) electrons. The molecule has 0 atom stereocenters. The lowest BCUT2D eigenvalue weighted by Crippen LogP contribution is -2.25. The summed E-state index contributed by atoms with van der Waals surface area (Å²) in [4.78, 5) is 2.29. The Balaban J connectivity index is 2.66. The molecule has 0 aromatic heterocycles. The number of nitrogens with zero attached hydrogens (tertiary/aromatic N) is 1. The maximum Gasteiger partial charge on any atom is 0.0494 e. The van der Waals surface area contributed by atoms with Gasteiger partial charge in [0.15, 0.2) is 0 Å². The normalized spacial score (nSPS) is 15.6. The van der Waals surface area contributed by atoms with Crippen molar-refractivity contribution in [3.8, 4) is 0 Å². The molecule has 1 heterocycles. The Morgan fingerprint density at radius 1 is 1.33 bits per heavy atom. The van der Waals surface area contributed by atoms with Gasteiger partial charge in [-0.15, -0.1) is 11.6 Å². The summed E-state index contributed by atoms with van der Waals surface area (Å²) in [5.41, 5.74) is 6.70. The minimum absolute atomic E-state index is 0.583. The molecule has 1 aromatic carbocycles. The van der Waals surface area contributed by atoms with Crippen molar-refractivity contribution in [2.75, 3.05) is 18.5 Å². The van der Waals surface area contributed by atoms with Crippen LogP contribution in [0.15, 0.2) is 23.8 Å². The molecule has 15 heavy (non-hydrogen) atoms. The average Bonchev–Trinajstić information content (AvgIpc) is 2.25. The lowest BCUT2D eigenvalue weighted by atomic mass is 9.93. The standard InChI is InChI=1S/C13H16ClN/c1-9-8-15(3)13-11(7-14)5-4-6-12(13)10(9)2/h4-6H,7-8H2,1-3H3. The molecule has 0 N–H and O–H groups in total. The first-order chi connectivity index (χ1) is 7.15. The van der Waals surface area contributed by atoms with Crippen molar-refractivity contribution in [2.24, 2.45) is 0 Å². The number of benzene rings is 1. The Morgan fingerprint density at radius 3 is 2.73 bits per heavy atom. The Kier molecular flexibility index (Phi) is 2.74. The lowest BCUT2D eigenvalue weighted by Gasteiger charge is -2.31. The van der Waals surface area contributed by atoms with Gasteiger partial charge in [0.2, 0.25) is 0 Å². The van der Waals surface area contributed by atoms with Gasteiger partial charge in [-0.3, -0.25) is 0 Å². The second kappa shape index (κ2) is 3.90. The van der Waals surface area contributed by atoms with E-state index in [0.29, 0.717) is 5.88 Å². The first-order valence-electron chi connectivity index (χ1n) is 5.21. The Bertz CT molecular complexity index is 421. The maximum absolute atomic E-state index is 5.97. The van der Waals surface area contributed by atoms with Crippen LogP contribution in [0.5, 0.6) is 0 Å². The van der Waals surface area contributed by atoms with Gasteiger partial charge in [-0.05, 0) is 25.0 Å². The van der Waals surface area contributed by atoms with Gasteiger partial charge in [0.25, 0.3) is 0 Å². The van der Waals surface area contributed by atoms with Crippen molar-refractivity contribution >= 4 is 22.9 Å². The van der Waals surface area contributed by atoms with Crippen molar-refractivity contribution in [2.45, 2.75) is 19.7 Å². The topological polar surface area (TPSA) is 3.24 Å². The van der Waals surface area contributed by atoms with Gasteiger partial charge in [-0.2, -0.15) is 0 Å². The van der Waals surface area contributed by atoms with Crippen LogP contribution in [0.2, 0.25) is 0 Å². The SMILES string of the molecule is CC1=C(C)c2cccc(CCl)c2N(C)C1. The van der Waals surface area contributed by atoms with Crippen LogP contribution < -0.4 is 4.90 Å². The van der Waals surface area contributed by atoms with Crippen LogP contribution in [-0.2, 0) is 5.88 Å². The number of likely N-dealkylation sites (N-methyl/N-ethyl adjacent to an activating group) is 1. The van der Waals surface area contributed by atoms with Crippen molar-refractivity contribution in [3.05, 3.63) is 34.9 Å². The van der Waals surface area contributed by atoms with Gasteiger partial charge in [-0.1, -0.05) is 23.8 Å². The van der Waals surface area contributed by atoms with Crippen molar-refractivity contribution in [1.29, 1.82) is 0 Å². The predicted octanol–water partition coefficient (Wildman–Crippen LogP) is 3.67. The number of fused-ring (bicyclic) bond motifs is 1. The largest absolute Gasteiger partial charge is 0.370 e. The first-order valence-corrected chi connectivity index (χ1v) is 5.74. The van der Waals surface area contributed by atoms with Crippen LogP contribution in [0.4, 0.5) is 5.69 Å². The second-order valence-electron chi connectivity index (χ2n) is 4.21. The van der Waals surface area contributed by atoms with E-state index >= 15 is 0 Å². The van der Waals surface area contributed by atoms with Crippen molar-refractivity contribution in [1.82, 2.24) is 0 Å². The summed E-state index contributed by atoms with van der Waals surface area (Å²) in [6.07, 6.45) is 0. The van der Waals surface area contributed by atoms with Crippen LogP contribution in [0.25, 0.3) is 5.57 Å². The summed E-state index contributed by atoms with van der Waals surface area (Å²) < 4.78 is 0. The average molecular weight is 222 g/mol. The van der Waals surface area contributed by atoms with E-state index in [9.17, 15) is 0 Å². The maximum atomic E-state index is 5.97. The highest BCUT2D eigenvalue weighted by atomic mass is 35.5. The third-order valence-corrected chi connectivity index (χ3v) is 3.45. The molecule has 80 valence electrons. The highest BCUT2D eigenvalue weighted by molar-refractivity contribution is 6.17. The number of alkyl halides is 1. The number of allylic oxidation sites excluding steroid dienone is 1. The monoisotopic (exact) mass is 221 g/mol. The molecule has 0 saturated heterocycles. The van der Waals surface area contributed by atoms with Crippen molar-refractivity contribution < 1.29 is 0 Å². The van der Waals surface area contributed by atoms with Gasteiger partial charge >= 0.3 is 0 Å². The molecular formula is C13H16ClN. The molecule has 0 amide bonds. The quantitative estimate of drug-likeness (QED) is 0.655. The van der Waals surface area contributed by atoms with E-state index in [2.05, 4.69) is 44.0 Å². The van der Waals surface area contributed by atoms with E-state index in [1.165, 1.54) is 28.0 Å². The Labute approximate surface area is 96.4 Å². The minimum Gasteiger partial charge on any atom is -0.370 e. The number of hydrogen-bond donors (Lipinski definition) is 0. The summed E-state index contributed by atoms with van der Waals surface area (Å²) in [5, 5.41) is 0. The first kappa shape index (κ1) is 10.6. The fourth-order valence-electron chi connectivity index (χ4n) is 2.24. The van der Waals surface area contributed by atoms with E-state index in [-0.39, 0.29) is 0 Å². The lowest BCUT2D eigenvalue weighted by molar-refractivity contribution is 0.952. The molecular weight excluding hydrogens is 206 g/mol. The fraction of sp³-hybridized carbons (Fsp3) is 0.385. The van der Waals surface area contributed by atoms with E-state index < -0.39 is 0 Å². The predicted molar refractivity (Wildman–Crippen MR) is 67.5 cm³/mol. The molecule has 2 heteroatoms. The Hall–Kier alpha value is -0.950. The van der Waals surface area contributed by atoms with Crippen LogP contribution in [0.3, 0.4) is 0 Å². The van der Waals surface area contributed by atoms with Crippen LogP contribution >= 0.6 is 11.6 Å². The van der Waals surface area contributed by atoms with E-state index in [4.69, 9.17) is 11.6 Å². The summed E-state index contributed by atoms with van der Waals surface area (Å²) in [6.45, 7) is 5.40. The summed E-state index contributed by atoms with van der Waals surface area (Å²) >= 11 is 5.97. The fourth-order valence-corrected chi connectivity index (χ4v) is 2.45. The number of hydrogen-bond acceptors (Lipinski definition) is 1. The molecule has 2 rings (SSSR count). The van der Waals surface area contributed by atoms with Crippen LogP contribution in [0.1, 0.15) is 25.0 Å². The number of para-hydroxylation sites is 1. The zero-order valence-electron chi connectivity index (χ0n) is 9.47. The van der Waals surface area contributed by atoms with Crippen LogP contribution in [0, 0.1) is 0 Å². The third-order valence-electron chi connectivity index (χ3n) is 3.16. The molecule has 1 nitrogen and oxygen atoms in total. The summed E-state index contributed by atoms with van der Waals surface area (Å²) in [7, 11) is 2.13. The molecule has 0 bridgehead atoms. The summed E-state index contributed by atoms with van der Waals surface area (Å²) in [5.74, 6) is 0.583. The molecule has 0 unspecified atom stereocenters. The van der Waals surface area contributed by atoms with Gasteiger partial charge in [-0.25, -0.2) is 0 Å². The zero-order valence-corrected chi connectivity index (χ0v) is 10.2. The second-order valence-corrected chi connectivity index (χ2v) is 4.48. The van der Waals surface area contributed by atoms with Gasteiger partial charge in [0, 0.05) is 30.7 Å². The zero-order chi connectivity index (χ0) is 11.0. The van der Waals surface area contributed by atoms with Crippen molar-refractivity contribution in [3.63, 3.8) is 0 Å². The Morgan fingerprint density at radius 2 is 2.07 bits per heavy atom. The highest BCUT2D eigenvalue weighted by Gasteiger charge is 2.19. The van der Waals surface area contributed by atoms with Gasteiger partial charge in [0.1, 0.15) is 0 Å². The molecule has 0 spiro atoms. The number of anilines is 1. The van der Waals surface area contributed by atoms with Gasteiger partial charge in [0.05, 0.1) is 0 Å². The van der Waals surface area contributed by atoms with Crippen LogP contribution in [-0.4, -0.2) is 13.6 Å². The third kappa shape index (κ3) is 1.65. The highest BCUT2D eigenvalue weighted by Crippen LogP contribution is 2.36. The van der Waals surface area contributed by atoms with E-state index in [0.717, 1.165) is 6.54 Å². The smallest absolute Gasteiger partial charge is 0.0494 e. The molecule has 0 fully saturated rings. The number of rotatable bonds is 1. The van der Waals surface area contributed by atoms with E-state index in [1.54, 1.807) is 0 Å². The van der Waals surface area contributed by atoms with E-state index in [1.807, 2.05) is 0 Å². The molecule has 1 aliphatic rings. The summed E-state index contributed by atoms with van der Waals surface area (Å²) in [6, 6.07) is 6.38. The number of halogens is 1. The van der Waals surface area contributed by atoms with Gasteiger partial charge < -0.3 is 4.90 Å². The molecule has 0 saturated carbocycles. The minimum atomic E-state index is 0.583. The molecule has 1 aromatic rings.